The molecule has 0 saturated carbocycles. The summed E-state index contributed by atoms with van der Waals surface area (Å²) in [6, 6.07) is 13.1. The average molecular weight is 401 g/mol. The Morgan fingerprint density at radius 2 is 1.65 bits per heavy atom. The van der Waals surface area contributed by atoms with E-state index in [1.165, 1.54) is 12.4 Å². The molecule has 2 rings (SSSR count). The Morgan fingerprint density at radius 3 is 2.23 bits per heavy atom. The quantitative estimate of drug-likeness (QED) is 0.527. The van der Waals surface area contributed by atoms with Crippen molar-refractivity contribution in [3.05, 3.63) is 66.6 Å². The van der Waals surface area contributed by atoms with Crippen molar-refractivity contribution < 1.29 is 35.8 Å². The minimum Gasteiger partial charge on any atom is -0.507 e. The molecule has 6 heteroatoms. The van der Waals surface area contributed by atoms with Crippen molar-refractivity contribution in [3.63, 3.8) is 0 Å². The maximum atomic E-state index is 9.85. The molecular formula is C20H23CoN2O3-. The largest absolute Gasteiger partial charge is 0.507 e. The molecule has 0 saturated heterocycles. The number of methoxy groups -OCH3 is 1. The van der Waals surface area contributed by atoms with Gasteiger partial charge >= 0.3 is 0 Å². The maximum absolute atomic E-state index is 9.85. The number of aromatic hydroxyl groups is 2. The van der Waals surface area contributed by atoms with Crippen LogP contribution < -0.4 is 0 Å². The summed E-state index contributed by atoms with van der Waals surface area (Å²) < 4.78 is 26.5. The molecule has 1 radical (unpaired) electrons. The number of benzene rings is 2. The summed E-state index contributed by atoms with van der Waals surface area (Å²) in [6.07, 6.45) is 2.46. The molecule has 141 valence electrons. The van der Waals surface area contributed by atoms with Gasteiger partial charge in [-0.05, 0) is 30.7 Å². The van der Waals surface area contributed by atoms with Gasteiger partial charge in [-0.1, -0.05) is 30.4 Å². The summed E-state index contributed by atoms with van der Waals surface area (Å²) >= 11 is 0. The number of para-hydroxylation sites is 2. The predicted octanol–water partition coefficient (Wildman–Crippen LogP) is 3.24. The smallest absolute Gasteiger partial charge is 0.124 e. The van der Waals surface area contributed by atoms with Crippen LogP contribution in [-0.2, 0) is 21.5 Å². The number of phenolic OH excluding ortho intramolecular Hbond substituents is 2. The molecular weight excluding hydrogens is 375 g/mol. The topological polar surface area (TPSA) is 74.4 Å². The summed E-state index contributed by atoms with van der Waals surface area (Å²) in [6.45, 7) is 3.95. The third-order valence-electron chi connectivity index (χ3n) is 3.55. The fraction of sp³-hybridized carbons (Fsp3) is 0.250. The molecule has 26 heavy (non-hydrogen) atoms. The van der Waals surface area contributed by atoms with E-state index >= 15 is 0 Å². The van der Waals surface area contributed by atoms with Crippen molar-refractivity contribution >= 4 is 12.4 Å². The van der Waals surface area contributed by atoms with Crippen LogP contribution in [0.1, 0.15) is 21.7 Å². The minimum absolute atomic E-state index is 0. The van der Waals surface area contributed by atoms with Crippen LogP contribution in [-0.4, -0.2) is 48.4 Å². The van der Waals surface area contributed by atoms with Gasteiger partial charge in [0.15, 0.2) is 0 Å². The van der Waals surface area contributed by atoms with Gasteiger partial charge in [-0.15, -0.1) is 0 Å². The van der Waals surface area contributed by atoms with Gasteiger partial charge in [0.05, 0.1) is 16.7 Å². The SMILES string of the molecule is [2H]C([2H])([2H])OC([CH2-])CC(CN=Cc1ccccc1O)N=Cc1ccccc1O.[Co]. The van der Waals surface area contributed by atoms with Gasteiger partial charge in [-0.2, -0.15) is 0 Å². The zero-order valence-electron chi connectivity index (χ0n) is 17.1. The number of phenols is 2. The maximum Gasteiger partial charge on any atom is 0.124 e. The summed E-state index contributed by atoms with van der Waals surface area (Å²) in [5.74, 6) is 0.203. The molecule has 2 unspecified atom stereocenters. The zero-order chi connectivity index (χ0) is 20.6. The van der Waals surface area contributed by atoms with E-state index in [4.69, 9.17) is 8.85 Å². The number of rotatable bonds is 8. The van der Waals surface area contributed by atoms with E-state index in [0.717, 1.165) is 0 Å². The number of hydrogen-bond acceptors (Lipinski definition) is 5. The van der Waals surface area contributed by atoms with E-state index in [9.17, 15) is 10.2 Å². The molecule has 0 aromatic heterocycles. The van der Waals surface area contributed by atoms with Crippen LogP contribution in [0.2, 0.25) is 0 Å². The van der Waals surface area contributed by atoms with Gasteiger partial charge < -0.3 is 21.9 Å². The Kier molecular flexibility index (Phi) is 7.61. The fourth-order valence-electron chi connectivity index (χ4n) is 2.19. The van der Waals surface area contributed by atoms with Gasteiger partial charge in [-0.3, -0.25) is 9.98 Å². The van der Waals surface area contributed by atoms with Crippen molar-refractivity contribution in [2.24, 2.45) is 9.98 Å². The Morgan fingerprint density at radius 1 is 1.08 bits per heavy atom. The third kappa shape index (κ3) is 6.99. The summed E-state index contributed by atoms with van der Waals surface area (Å²) in [5, 5.41) is 19.6. The molecule has 2 N–H and O–H groups in total. The second-order valence-corrected chi connectivity index (χ2v) is 5.52. The van der Waals surface area contributed by atoms with Gasteiger partial charge in [0.25, 0.3) is 0 Å². The fourth-order valence-corrected chi connectivity index (χ4v) is 2.19. The molecule has 5 nitrogen and oxygen atoms in total. The van der Waals surface area contributed by atoms with Crippen molar-refractivity contribution in [2.75, 3.05) is 13.6 Å². The minimum atomic E-state index is -2.54. The molecule has 0 fully saturated rings. The first-order valence-electron chi connectivity index (χ1n) is 9.34. The zero-order valence-corrected chi connectivity index (χ0v) is 15.1. The Bertz CT molecular complexity index is 829. The van der Waals surface area contributed by atoms with E-state index < -0.39 is 19.2 Å². The number of nitrogens with zero attached hydrogens (tertiary/aromatic N) is 2. The Hall–Kier alpha value is -2.15. The van der Waals surface area contributed by atoms with Crippen molar-refractivity contribution in [3.8, 4) is 11.5 Å². The van der Waals surface area contributed by atoms with E-state index in [1.54, 1.807) is 48.5 Å². The Balaban J connectivity index is 0.00000420. The second kappa shape index (κ2) is 11.5. The van der Waals surface area contributed by atoms with E-state index in [0.29, 0.717) is 11.1 Å². The van der Waals surface area contributed by atoms with E-state index in [-0.39, 0.29) is 41.2 Å². The van der Waals surface area contributed by atoms with Gasteiger partial charge in [0.1, 0.15) is 11.5 Å². The third-order valence-corrected chi connectivity index (χ3v) is 3.55. The molecule has 2 aromatic rings. The number of aliphatic imine (C=N–C) groups is 2. The van der Waals surface area contributed by atoms with Gasteiger partial charge in [0, 0.05) is 47.4 Å². The molecule has 0 heterocycles. The predicted molar refractivity (Wildman–Crippen MR) is 101 cm³/mol. The van der Waals surface area contributed by atoms with Crippen LogP contribution in [0.5, 0.6) is 11.5 Å². The molecule has 0 aliphatic rings. The monoisotopic (exact) mass is 401 g/mol. The first-order chi connectivity index (χ1) is 13.2. The van der Waals surface area contributed by atoms with Crippen LogP contribution in [0.3, 0.4) is 0 Å². The molecule has 2 aromatic carbocycles. The molecule has 0 aliphatic carbocycles. The standard InChI is InChI=1S/C20H23N2O3.Co/c1-15(25-2)11-18(22-13-17-8-4-6-10-20(17)24)14-21-12-16-7-3-5-9-19(16)23;/h3-10,12-13,15,18,23-24H,1,11,14H2,2H3;/q-1;/i2D3;. The molecule has 0 spiro atoms. The summed E-state index contributed by atoms with van der Waals surface area (Å²) in [4.78, 5) is 8.72. The van der Waals surface area contributed by atoms with Crippen LogP contribution in [0.15, 0.2) is 58.5 Å². The molecule has 0 aliphatic heterocycles. The van der Waals surface area contributed by atoms with Crippen molar-refractivity contribution in [2.45, 2.75) is 18.6 Å². The Labute approximate surface area is 168 Å². The normalized spacial score (nSPS) is 15.8. The van der Waals surface area contributed by atoms with E-state index in [1.807, 2.05) is 0 Å². The average Bonchev–Trinajstić information content (AvgIpc) is 2.60. The first-order valence-corrected chi connectivity index (χ1v) is 7.84. The molecule has 2 atom stereocenters. The van der Waals surface area contributed by atoms with E-state index in [2.05, 4.69) is 16.9 Å². The van der Waals surface area contributed by atoms with Crippen molar-refractivity contribution in [1.82, 2.24) is 0 Å². The number of ether oxygens (including phenoxy) is 1. The van der Waals surface area contributed by atoms with Crippen molar-refractivity contribution in [1.29, 1.82) is 0 Å². The van der Waals surface area contributed by atoms with Gasteiger partial charge in [0.2, 0.25) is 0 Å². The van der Waals surface area contributed by atoms with Crippen LogP contribution in [0.4, 0.5) is 0 Å². The molecule has 0 bridgehead atoms. The molecule has 0 amide bonds. The first kappa shape index (κ1) is 17.3. The summed E-state index contributed by atoms with van der Waals surface area (Å²) in [7, 11) is -2.54. The van der Waals surface area contributed by atoms with Gasteiger partial charge in [-0.25, -0.2) is 0 Å². The second-order valence-electron chi connectivity index (χ2n) is 5.52. The van der Waals surface area contributed by atoms with Crippen LogP contribution >= 0.6 is 0 Å². The van der Waals surface area contributed by atoms with Crippen LogP contribution in [0, 0.1) is 6.92 Å². The summed E-state index contributed by atoms with van der Waals surface area (Å²) in [5.41, 5.74) is 1.10. The van der Waals surface area contributed by atoms with Crippen LogP contribution in [0.25, 0.3) is 0 Å². The number of hydrogen-bond donors (Lipinski definition) is 2.